The molecule has 2 N–H and O–H groups in total. The van der Waals surface area contributed by atoms with Gasteiger partial charge < -0.3 is 5.32 Å². The molecule has 28 heavy (non-hydrogen) atoms. The molecule has 0 unspecified atom stereocenters. The molecule has 12 heteroatoms. The molecule has 0 radical (unpaired) electrons. The van der Waals surface area contributed by atoms with Gasteiger partial charge in [0, 0.05) is 14.1 Å². The number of halogens is 2. The average molecular weight is 439 g/mol. The van der Waals surface area contributed by atoms with Gasteiger partial charge in [0.1, 0.15) is 5.39 Å². The van der Waals surface area contributed by atoms with E-state index in [0.29, 0.717) is 26.4 Å². The van der Waals surface area contributed by atoms with Crippen molar-refractivity contribution in [3.8, 4) is 0 Å². The van der Waals surface area contributed by atoms with Crippen molar-refractivity contribution in [1.29, 1.82) is 0 Å². The predicted molar refractivity (Wildman–Crippen MR) is 109 cm³/mol. The molecule has 0 aliphatic carbocycles. The predicted octanol–water partition coefficient (Wildman–Crippen LogP) is 2.06. The van der Waals surface area contributed by atoms with E-state index in [0.717, 1.165) is 9.27 Å². The Labute approximate surface area is 170 Å². The van der Waals surface area contributed by atoms with Gasteiger partial charge in [-0.15, -0.1) is 0 Å². The maximum atomic E-state index is 12.5. The molecule has 4 aromatic rings. The summed E-state index contributed by atoms with van der Waals surface area (Å²) in [6.07, 6.45) is -0.138. The number of nitrogens with one attached hydrogen (secondary N) is 2. The Kier molecular flexibility index (Phi) is 4.48. The molecule has 144 valence electrons. The fourth-order valence-corrected chi connectivity index (χ4v) is 4.12. The summed E-state index contributed by atoms with van der Waals surface area (Å²) in [5.41, 5.74) is 0.118. The van der Waals surface area contributed by atoms with Crippen molar-refractivity contribution in [2.45, 2.75) is 6.42 Å². The maximum Gasteiger partial charge on any atom is 0.332 e. The van der Waals surface area contributed by atoms with Crippen LogP contribution in [0.15, 0.2) is 21.7 Å². The van der Waals surface area contributed by atoms with Crippen LogP contribution in [0, 0.1) is 0 Å². The molecular weight excluding hydrogens is 427 g/mol. The number of nitrogens with zero attached hydrogens (tertiary/aromatic N) is 4. The Morgan fingerprint density at radius 3 is 2.68 bits per heavy atom. The van der Waals surface area contributed by atoms with Crippen LogP contribution in [0.2, 0.25) is 10.0 Å². The topological polar surface area (TPSA) is 115 Å². The Morgan fingerprint density at radius 2 is 1.93 bits per heavy atom. The zero-order valence-corrected chi connectivity index (χ0v) is 16.9. The minimum absolute atomic E-state index is 0.138. The molecule has 9 nitrogen and oxygen atoms in total. The molecule has 1 aromatic carbocycles. The van der Waals surface area contributed by atoms with Crippen molar-refractivity contribution in [1.82, 2.24) is 24.3 Å². The monoisotopic (exact) mass is 438 g/mol. The molecule has 1 amide bonds. The summed E-state index contributed by atoms with van der Waals surface area (Å²) >= 11 is 13.2. The first-order chi connectivity index (χ1) is 13.3. The molecule has 0 aliphatic heterocycles. The van der Waals surface area contributed by atoms with Gasteiger partial charge in [0.25, 0.3) is 5.56 Å². The second-order valence-electron chi connectivity index (χ2n) is 6.08. The van der Waals surface area contributed by atoms with Crippen molar-refractivity contribution in [2.75, 3.05) is 5.32 Å². The van der Waals surface area contributed by atoms with Crippen LogP contribution in [-0.2, 0) is 25.3 Å². The highest BCUT2D eigenvalue weighted by atomic mass is 35.5. The van der Waals surface area contributed by atoms with E-state index in [1.54, 1.807) is 12.1 Å². The van der Waals surface area contributed by atoms with Gasteiger partial charge in [0.05, 0.1) is 32.4 Å². The number of H-pyrrole nitrogens is 1. The Morgan fingerprint density at radius 1 is 1.21 bits per heavy atom. The summed E-state index contributed by atoms with van der Waals surface area (Å²) in [7, 11) is 2.88. The van der Waals surface area contributed by atoms with Gasteiger partial charge in [-0.2, -0.15) is 5.10 Å². The molecule has 0 fully saturated rings. The maximum absolute atomic E-state index is 12.5. The van der Waals surface area contributed by atoms with Crippen LogP contribution in [-0.4, -0.2) is 30.2 Å². The van der Waals surface area contributed by atoms with Gasteiger partial charge in [-0.25, -0.2) is 9.78 Å². The Balaban J connectivity index is 1.64. The van der Waals surface area contributed by atoms with Gasteiger partial charge >= 0.3 is 5.69 Å². The number of benzene rings is 1. The van der Waals surface area contributed by atoms with E-state index in [2.05, 4.69) is 20.5 Å². The van der Waals surface area contributed by atoms with Crippen molar-refractivity contribution >= 4 is 66.8 Å². The van der Waals surface area contributed by atoms with Gasteiger partial charge in [0.15, 0.2) is 10.8 Å². The first-order valence-electron chi connectivity index (χ1n) is 7.94. The van der Waals surface area contributed by atoms with Gasteiger partial charge in [-0.3, -0.25) is 23.8 Å². The normalized spacial score (nSPS) is 11.4. The number of aromatic amines is 1. The standard InChI is InChI=1S/C16H12Cl2N6O3S/c1-23-13-12(14(26)24(2)16(23)27)9(21-22-13)5-11(25)20-15-19-8-3-6(17)7(18)4-10(8)28-15/h3-4H,5H2,1-2H3,(H,21,22)(H,19,20,25). The fourth-order valence-electron chi connectivity index (χ4n) is 2.83. The van der Waals surface area contributed by atoms with Crippen LogP contribution in [0.4, 0.5) is 5.13 Å². The van der Waals surface area contributed by atoms with Crippen molar-refractivity contribution in [3.05, 3.63) is 48.7 Å². The van der Waals surface area contributed by atoms with Crippen LogP contribution in [0.3, 0.4) is 0 Å². The van der Waals surface area contributed by atoms with Crippen LogP contribution in [0.5, 0.6) is 0 Å². The third-order valence-electron chi connectivity index (χ3n) is 4.25. The summed E-state index contributed by atoms with van der Waals surface area (Å²) < 4.78 is 3.00. The zero-order valence-electron chi connectivity index (χ0n) is 14.5. The number of aryl methyl sites for hydroxylation is 1. The van der Waals surface area contributed by atoms with Gasteiger partial charge in [-0.05, 0) is 12.1 Å². The number of fused-ring (bicyclic) bond motifs is 2. The number of rotatable bonds is 3. The minimum Gasteiger partial charge on any atom is -0.302 e. The Hall–Kier alpha value is -2.69. The second kappa shape index (κ2) is 6.73. The third-order valence-corrected chi connectivity index (χ3v) is 5.90. The number of carbonyl (C=O) groups is 1. The number of aromatic nitrogens is 5. The average Bonchev–Trinajstić information content (AvgIpc) is 3.22. The van der Waals surface area contributed by atoms with Crippen LogP contribution in [0.1, 0.15) is 5.69 Å². The molecular formula is C16H12Cl2N6O3S. The number of anilines is 1. The lowest BCUT2D eigenvalue weighted by atomic mass is 10.2. The lowest BCUT2D eigenvalue weighted by Crippen LogP contribution is -2.37. The van der Waals surface area contributed by atoms with E-state index < -0.39 is 17.2 Å². The summed E-state index contributed by atoms with van der Waals surface area (Å²) in [5, 5.41) is 10.7. The molecule has 0 bridgehead atoms. The molecule has 0 saturated carbocycles. The highest BCUT2D eigenvalue weighted by Crippen LogP contribution is 2.33. The van der Waals surface area contributed by atoms with Crippen LogP contribution >= 0.6 is 34.5 Å². The minimum atomic E-state index is -0.515. The van der Waals surface area contributed by atoms with E-state index in [1.165, 1.54) is 30.0 Å². The molecule has 4 rings (SSSR count). The summed E-state index contributed by atoms with van der Waals surface area (Å²) in [6, 6.07) is 3.30. The number of hydrogen-bond donors (Lipinski definition) is 2. The Bertz CT molecular complexity index is 1340. The summed E-state index contributed by atoms with van der Waals surface area (Å²) in [5.74, 6) is -0.391. The highest BCUT2D eigenvalue weighted by Gasteiger charge is 2.18. The zero-order chi connectivity index (χ0) is 20.2. The third kappa shape index (κ3) is 2.99. The van der Waals surface area contributed by atoms with Crippen molar-refractivity contribution in [2.24, 2.45) is 14.1 Å². The number of thiazole rings is 1. The first-order valence-corrected chi connectivity index (χ1v) is 9.52. The number of carbonyl (C=O) groups excluding carboxylic acids is 1. The number of amides is 1. The van der Waals surface area contributed by atoms with E-state index in [1.807, 2.05) is 0 Å². The lowest BCUT2D eigenvalue weighted by molar-refractivity contribution is -0.115. The van der Waals surface area contributed by atoms with Gasteiger partial charge in [-0.1, -0.05) is 34.5 Å². The van der Waals surface area contributed by atoms with E-state index in [4.69, 9.17) is 23.2 Å². The molecule has 3 aromatic heterocycles. The summed E-state index contributed by atoms with van der Waals surface area (Å²) in [4.78, 5) is 41.2. The van der Waals surface area contributed by atoms with E-state index >= 15 is 0 Å². The first kappa shape index (κ1) is 18.7. The van der Waals surface area contributed by atoms with Gasteiger partial charge in [0.2, 0.25) is 5.91 Å². The molecule has 3 heterocycles. The lowest BCUT2D eigenvalue weighted by Gasteiger charge is -2.03. The molecule has 0 atom stereocenters. The fraction of sp³-hybridized carbons (Fsp3) is 0.188. The quantitative estimate of drug-likeness (QED) is 0.507. The second-order valence-corrected chi connectivity index (χ2v) is 7.93. The molecule has 0 saturated heterocycles. The van der Waals surface area contributed by atoms with Crippen molar-refractivity contribution in [3.63, 3.8) is 0 Å². The van der Waals surface area contributed by atoms with Crippen LogP contribution in [0.25, 0.3) is 21.3 Å². The van der Waals surface area contributed by atoms with Crippen molar-refractivity contribution < 1.29 is 4.79 Å². The summed E-state index contributed by atoms with van der Waals surface area (Å²) in [6.45, 7) is 0. The largest absolute Gasteiger partial charge is 0.332 e. The molecule has 0 spiro atoms. The highest BCUT2D eigenvalue weighted by molar-refractivity contribution is 7.22. The van der Waals surface area contributed by atoms with E-state index in [9.17, 15) is 14.4 Å². The van der Waals surface area contributed by atoms with E-state index in [-0.39, 0.29) is 17.5 Å². The SMILES string of the molecule is Cn1c(=O)c2c(CC(=O)Nc3nc4cc(Cl)c(Cl)cc4s3)[nH]nc2n(C)c1=O. The number of hydrogen-bond acceptors (Lipinski definition) is 6. The van der Waals surface area contributed by atoms with Crippen LogP contribution < -0.4 is 16.6 Å². The smallest absolute Gasteiger partial charge is 0.302 e. The molecule has 0 aliphatic rings.